The second-order valence-electron chi connectivity index (χ2n) is 3.81. The molecule has 0 bridgehead atoms. The third kappa shape index (κ3) is 4.42. The largest absolute Gasteiger partial charge is 0.431 e. The normalized spacial score (nSPS) is 15.3. The van der Waals surface area contributed by atoms with E-state index in [0.717, 1.165) is 5.69 Å². The van der Waals surface area contributed by atoms with Gasteiger partial charge in [-0.3, -0.25) is 0 Å². The molecule has 0 radical (unpaired) electrons. The van der Waals surface area contributed by atoms with Crippen molar-refractivity contribution >= 4 is 18.1 Å². The maximum absolute atomic E-state index is 11.4. The minimum Gasteiger partial charge on any atom is -0.431 e. The summed E-state index contributed by atoms with van der Waals surface area (Å²) in [7, 11) is 0. The first-order chi connectivity index (χ1) is 9.86. The van der Waals surface area contributed by atoms with E-state index in [4.69, 9.17) is 4.74 Å². The van der Waals surface area contributed by atoms with Gasteiger partial charge < -0.3 is 9.72 Å². The smallest absolute Gasteiger partial charge is 0.335 e. The number of hydrogen-bond donors (Lipinski definition) is 1. The molecule has 2 rings (SSSR count). The van der Waals surface area contributed by atoms with E-state index in [9.17, 15) is 4.79 Å². The van der Waals surface area contributed by atoms with E-state index in [1.54, 1.807) is 24.6 Å². The van der Waals surface area contributed by atoms with Crippen LogP contribution in [0.3, 0.4) is 0 Å². The van der Waals surface area contributed by atoms with Crippen molar-refractivity contribution in [2.45, 2.75) is 0 Å². The number of hydrogen-bond acceptors (Lipinski definition) is 3. The van der Waals surface area contributed by atoms with Gasteiger partial charge >= 0.3 is 5.97 Å². The zero-order valence-electron chi connectivity index (χ0n) is 10.8. The topological polar surface area (TPSA) is 55.0 Å². The Balaban J connectivity index is 2.23. The summed E-state index contributed by atoms with van der Waals surface area (Å²) in [5.74, 6) is -0.449. The number of ether oxygens (including phenoxy) is 1. The monoisotopic (exact) mass is 266 g/mol. The van der Waals surface area contributed by atoms with Crippen LogP contribution < -0.4 is 0 Å². The minimum absolute atomic E-state index is 0.449. The summed E-state index contributed by atoms with van der Waals surface area (Å²) in [5, 5.41) is 0. The molecule has 0 fully saturated rings. The van der Waals surface area contributed by atoms with Crippen LogP contribution in [0.4, 0.5) is 0 Å². The fourth-order valence-electron chi connectivity index (χ4n) is 1.46. The molecule has 0 atom stereocenters. The number of allylic oxidation sites excluding steroid dienone is 8. The molecular formula is C16H14N2O2. The van der Waals surface area contributed by atoms with E-state index < -0.39 is 5.97 Å². The van der Waals surface area contributed by atoms with E-state index >= 15 is 0 Å². The second-order valence-corrected chi connectivity index (χ2v) is 3.81. The molecule has 2 heterocycles. The number of carbonyl (C=O) groups excluding carboxylic acids is 1. The molecule has 0 amide bonds. The number of fused-ring (bicyclic) bond motifs is 1. The lowest BCUT2D eigenvalue weighted by Crippen LogP contribution is -1.93. The van der Waals surface area contributed by atoms with Gasteiger partial charge in [0.2, 0.25) is 0 Å². The van der Waals surface area contributed by atoms with Crippen LogP contribution in [0.5, 0.6) is 0 Å². The number of nitrogens with zero attached hydrogens (tertiary/aromatic N) is 1. The predicted molar refractivity (Wildman–Crippen MR) is 79.3 cm³/mol. The van der Waals surface area contributed by atoms with Gasteiger partial charge in [-0.2, -0.15) is 0 Å². The van der Waals surface area contributed by atoms with Crippen molar-refractivity contribution in [2.24, 2.45) is 0 Å². The maximum Gasteiger partial charge on any atom is 0.335 e. The van der Waals surface area contributed by atoms with Crippen LogP contribution >= 0.6 is 0 Å². The number of carbonyl (C=O) groups is 1. The molecule has 1 aromatic rings. The number of H-pyrrole nitrogens is 1. The Kier molecular flexibility index (Phi) is 5.10. The van der Waals surface area contributed by atoms with Gasteiger partial charge in [-0.05, 0) is 18.2 Å². The fourth-order valence-corrected chi connectivity index (χ4v) is 1.46. The van der Waals surface area contributed by atoms with Gasteiger partial charge in [0.1, 0.15) is 0 Å². The molecule has 1 aliphatic heterocycles. The first-order valence-electron chi connectivity index (χ1n) is 6.11. The van der Waals surface area contributed by atoms with E-state index in [0.29, 0.717) is 5.69 Å². The van der Waals surface area contributed by atoms with Crippen LogP contribution in [0.2, 0.25) is 0 Å². The molecule has 0 aromatic carbocycles. The summed E-state index contributed by atoms with van der Waals surface area (Å²) in [6.45, 7) is 0. The van der Waals surface area contributed by atoms with Crippen molar-refractivity contribution in [1.29, 1.82) is 0 Å². The lowest BCUT2D eigenvalue weighted by molar-refractivity contribution is -0.132. The Hall–Kier alpha value is -2.88. The summed E-state index contributed by atoms with van der Waals surface area (Å²) >= 11 is 0. The highest BCUT2D eigenvalue weighted by atomic mass is 16.5. The van der Waals surface area contributed by atoms with E-state index in [-0.39, 0.29) is 0 Å². The first-order valence-corrected chi connectivity index (χ1v) is 6.11. The van der Waals surface area contributed by atoms with E-state index in [1.165, 1.54) is 12.3 Å². The van der Waals surface area contributed by atoms with Gasteiger partial charge in [-0.15, -0.1) is 0 Å². The fraction of sp³-hybridized carbons (Fsp3) is 0. The van der Waals surface area contributed by atoms with E-state index in [2.05, 4.69) is 9.97 Å². The van der Waals surface area contributed by atoms with Crippen molar-refractivity contribution in [3.05, 3.63) is 78.7 Å². The van der Waals surface area contributed by atoms with Gasteiger partial charge in [-0.25, -0.2) is 9.78 Å². The molecule has 4 nitrogen and oxygen atoms in total. The highest BCUT2D eigenvalue weighted by Crippen LogP contribution is 2.07. The first kappa shape index (κ1) is 13.5. The van der Waals surface area contributed by atoms with Crippen molar-refractivity contribution in [3.63, 3.8) is 0 Å². The predicted octanol–water partition coefficient (Wildman–Crippen LogP) is 3.18. The molecule has 1 aliphatic rings. The maximum atomic E-state index is 11.4. The average Bonchev–Trinajstić information content (AvgIpc) is 2.89. The lowest BCUT2D eigenvalue weighted by Gasteiger charge is -1.92. The standard InChI is InChI=1S/C16H14N2O2/c19-16-11-10-15-14(17-13-18-15)9-7-5-3-1-2-4-6-8-12-20-16/h1-13H,(H,17,18). The van der Waals surface area contributed by atoms with Crippen LogP contribution in [0.15, 0.2) is 67.3 Å². The van der Waals surface area contributed by atoms with E-state index in [1.807, 2.05) is 42.5 Å². The van der Waals surface area contributed by atoms with Crippen molar-refractivity contribution < 1.29 is 9.53 Å². The molecule has 1 N–H and O–H groups in total. The number of rotatable bonds is 0. The minimum atomic E-state index is -0.449. The van der Waals surface area contributed by atoms with Gasteiger partial charge in [0.15, 0.2) is 0 Å². The summed E-state index contributed by atoms with van der Waals surface area (Å²) in [4.78, 5) is 18.6. The molecule has 0 saturated carbocycles. The zero-order chi connectivity index (χ0) is 14.0. The van der Waals surface area contributed by atoms with Crippen LogP contribution in [0, 0.1) is 0 Å². The molecule has 100 valence electrons. The van der Waals surface area contributed by atoms with Crippen LogP contribution in [-0.2, 0) is 9.53 Å². The third-order valence-corrected chi connectivity index (χ3v) is 2.38. The van der Waals surface area contributed by atoms with Gasteiger partial charge in [0.25, 0.3) is 0 Å². The quantitative estimate of drug-likeness (QED) is 0.734. The van der Waals surface area contributed by atoms with Crippen molar-refractivity contribution in [2.75, 3.05) is 0 Å². The Morgan fingerprint density at radius 1 is 0.850 bits per heavy atom. The Labute approximate surface area is 117 Å². The Morgan fingerprint density at radius 2 is 1.55 bits per heavy atom. The molecule has 0 spiro atoms. The number of cyclic esters (lactones) is 1. The van der Waals surface area contributed by atoms with Gasteiger partial charge in [0, 0.05) is 6.08 Å². The van der Waals surface area contributed by atoms with Crippen molar-refractivity contribution in [1.82, 2.24) is 9.97 Å². The van der Waals surface area contributed by atoms with Crippen LogP contribution in [0.25, 0.3) is 12.2 Å². The van der Waals surface area contributed by atoms with Gasteiger partial charge in [-0.1, -0.05) is 42.5 Å². The van der Waals surface area contributed by atoms with Crippen molar-refractivity contribution in [3.8, 4) is 0 Å². The number of esters is 1. The average molecular weight is 266 g/mol. The lowest BCUT2D eigenvalue weighted by atomic mass is 10.2. The highest BCUT2D eigenvalue weighted by Gasteiger charge is 1.99. The summed E-state index contributed by atoms with van der Waals surface area (Å²) in [6, 6.07) is 0. The molecular weight excluding hydrogens is 252 g/mol. The Morgan fingerprint density at radius 3 is 2.35 bits per heavy atom. The van der Waals surface area contributed by atoms with Crippen LogP contribution in [-0.4, -0.2) is 15.9 Å². The number of aromatic amines is 1. The number of nitrogens with one attached hydrogen (secondary N) is 1. The molecule has 20 heavy (non-hydrogen) atoms. The number of imidazole rings is 1. The third-order valence-electron chi connectivity index (χ3n) is 2.38. The summed E-state index contributed by atoms with van der Waals surface area (Å²) in [6.07, 6.45) is 22.5. The highest BCUT2D eigenvalue weighted by molar-refractivity contribution is 5.87. The molecule has 4 heteroatoms. The zero-order valence-corrected chi connectivity index (χ0v) is 10.8. The summed E-state index contributed by atoms with van der Waals surface area (Å²) < 4.78 is 4.88. The Bertz CT molecular complexity index is 629. The molecule has 0 saturated heterocycles. The number of aromatic nitrogens is 2. The van der Waals surface area contributed by atoms with Crippen LogP contribution in [0.1, 0.15) is 11.4 Å². The van der Waals surface area contributed by atoms with Gasteiger partial charge in [0.05, 0.1) is 24.0 Å². The molecule has 1 aromatic heterocycles. The molecule has 0 unspecified atom stereocenters. The SMILES string of the molecule is O=C1C=Cc2nc[nH]c2C=CC=CC=CC=CC=CO1. The summed E-state index contributed by atoms with van der Waals surface area (Å²) in [5.41, 5.74) is 1.50. The molecule has 0 aliphatic carbocycles. The second kappa shape index (κ2) is 7.53.